The Hall–Kier alpha value is -0.820. The van der Waals surface area contributed by atoms with Crippen molar-refractivity contribution in [3.8, 4) is 0 Å². The molecule has 0 aliphatic heterocycles. The van der Waals surface area contributed by atoms with Gasteiger partial charge in [0.05, 0.1) is 0 Å². The van der Waals surface area contributed by atoms with Gasteiger partial charge in [0.25, 0.3) is 0 Å². The zero-order valence-corrected chi connectivity index (χ0v) is 12.1. The average Bonchev–Trinajstić information content (AvgIpc) is 2.34. The van der Waals surface area contributed by atoms with Crippen molar-refractivity contribution in [2.75, 3.05) is 0 Å². The summed E-state index contributed by atoms with van der Waals surface area (Å²) in [6, 6.07) is 7.06. The maximum Gasteiger partial charge on any atom is 0.0108 e. The van der Waals surface area contributed by atoms with Gasteiger partial charge in [0.15, 0.2) is 0 Å². The van der Waals surface area contributed by atoms with E-state index in [4.69, 9.17) is 5.73 Å². The molecule has 1 unspecified atom stereocenters. The van der Waals surface area contributed by atoms with Gasteiger partial charge in [0, 0.05) is 6.04 Å². The SMILES string of the molecule is Cc1ccc(C)c(CC(N)C2CCC(C)CC2)c1. The van der Waals surface area contributed by atoms with Crippen LogP contribution in [0, 0.1) is 25.7 Å². The highest BCUT2D eigenvalue weighted by atomic mass is 14.6. The third-order valence-corrected chi connectivity index (χ3v) is 4.63. The molecule has 0 saturated heterocycles. The van der Waals surface area contributed by atoms with Crippen LogP contribution in [0.4, 0.5) is 0 Å². The van der Waals surface area contributed by atoms with E-state index in [0.29, 0.717) is 6.04 Å². The Balaban J connectivity index is 1.98. The van der Waals surface area contributed by atoms with Crippen molar-refractivity contribution >= 4 is 0 Å². The molecule has 1 heteroatoms. The molecule has 0 amide bonds. The lowest BCUT2D eigenvalue weighted by atomic mass is 9.78. The van der Waals surface area contributed by atoms with Crippen LogP contribution in [0.1, 0.15) is 49.3 Å². The van der Waals surface area contributed by atoms with E-state index in [1.165, 1.54) is 42.4 Å². The maximum atomic E-state index is 6.44. The lowest BCUT2D eigenvalue weighted by Gasteiger charge is -2.31. The predicted octanol–water partition coefficient (Wildman–Crippen LogP) is 4.00. The topological polar surface area (TPSA) is 26.0 Å². The Morgan fingerprint density at radius 1 is 1.17 bits per heavy atom. The molecule has 1 aromatic carbocycles. The number of aryl methyl sites for hydroxylation is 2. The number of benzene rings is 1. The van der Waals surface area contributed by atoms with Crippen LogP contribution in [0.3, 0.4) is 0 Å². The molecule has 2 rings (SSSR count). The highest BCUT2D eigenvalue weighted by Crippen LogP contribution is 2.31. The minimum Gasteiger partial charge on any atom is -0.327 e. The van der Waals surface area contributed by atoms with E-state index in [-0.39, 0.29) is 0 Å². The van der Waals surface area contributed by atoms with Crippen LogP contribution >= 0.6 is 0 Å². The predicted molar refractivity (Wildman–Crippen MR) is 78.7 cm³/mol. The number of hydrogen-bond acceptors (Lipinski definition) is 1. The van der Waals surface area contributed by atoms with Crippen molar-refractivity contribution in [2.45, 2.75) is 58.9 Å². The van der Waals surface area contributed by atoms with Crippen molar-refractivity contribution in [3.05, 3.63) is 34.9 Å². The van der Waals surface area contributed by atoms with Crippen molar-refractivity contribution in [1.82, 2.24) is 0 Å². The van der Waals surface area contributed by atoms with Crippen molar-refractivity contribution < 1.29 is 0 Å². The molecule has 18 heavy (non-hydrogen) atoms. The van der Waals surface area contributed by atoms with Gasteiger partial charge in [-0.05, 0) is 56.1 Å². The third kappa shape index (κ3) is 3.35. The Kier molecular flexibility index (Phi) is 4.45. The van der Waals surface area contributed by atoms with E-state index >= 15 is 0 Å². The first-order chi connectivity index (χ1) is 8.56. The van der Waals surface area contributed by atoms with Gasteiger partial charge in [-0.3, -0.25) is 0 Å². The van der Waals surface area contributed by atoms with Crippen LogP contribution in [0.2, 0.25) is 0 Å². The van der Waals surface area contributed by atoms with E-state index in [1.807, 2.05) is 0 Å². The molecule has 100 valence electrons. The summed E-state index contributed by atoms with van der Waals surface area (Å²) in [5.74, 6) is 1.65. The summed E-state index contributed by atoms with van der Waals surface area (Å²) in [6.07, 6.45) is 6.43. The van der Waals surface area contributed by atoms with Gasteiger partial charge in [0.1, 0.15) is 0 Å². The van der Waals surface area contributed by atoms with E-state index in [9.17, 15) is 0 Å². The summed E-state index contributed by atoms with van der Waals surface area (Å²) >= 11 is 0. The summed E-state index contributed by atoms with van der Waals surface area (Å²) < 4.78 is 0. The Labute approximate surface area is 112 Å². The first-order valence-corrected chi connectivity index (χ1v) is 7.38. The molecule has 1 saturated carbocycles. The molecule has 0 bridgehead atoms. The quantitative estimate of drug-likeness (QED) is 0.856. The van der Waals surface area contributed by atoms with Crippen LogP contribution in [-0.4, -0.2) is 6.04 Å². The first kappa shape index (κ1) is 13.6. The number of rotatable bonds is 3. The molecule has 0 radical (unpaired) electrons. The monoisotopic (exact) mass is 245 g/mol. The van der Waals surface area contributed by atoms with E-state index < -0.39 is 0 Å². The molecule has 1 aliphatic rings. The molecule has 0 aromatic heterocycles. The fourth-order valence-electron chi connectivity index (χ4n) is 3.15. The number of nitrogens with two attached hydrogens (primary N) is 1. The van der Waals surface area contributed by atoms with E-state index in [2.05, 4.69) is 39.0 Å². The number of hydrogen-bond donors (Lipinski definition) is 1. The van der Waals surface area contributed by atoms with Crippen molar-refractivity contribution in [1.29, 1.82) is 0 Å². The Morgan fingerprint density at radius 3 is 2.50 bits per heavy atom. The molecule has 1 nitrogen and oxygen atoms in total. The van der Waals surface area contributed by atoms with E-state index in [1.54, 1.807) is 0 Å². The van der Waals surface area contributed by atoms with Crippen LogP contribution in [0.5, 0.6) is 0 Å². The summed E-state index contributed by atoms with van der Waals surface area (Å²) in [6.45, 7) is 6.73. The lowest BCUT2D eigenvalue weighted by molar-refractivity contribution is 0.253. The summed E-state index contributed by atoms with van der Waals surface area (Å²) in [4.78, 5) is 0. The summed E-state index contributed by atoms with van der Waals surface area (Å²) in [5.41, 5.74) is 10.6. The van der Waals surface area contributed by atoms with Gasteiger partial charge in [-0.1, -0.05) is 43.5 Å². The standard InChI is InChI=1S/C17H27N/c1-12-5-8-15(9-6-12)17(18)11-16-10-13(2)4-7-14(16)3/h4,7,10,12,15,17H,5-6,8-9,11,18H2,1-3H3. The van der Waals surface area contributed by atoms with Gasteiger partial charge < -0.3 is 5.73 Å². The Bertz CT molecular complexity index is 389. The van der Waals surface area contributed by atoms with Gasteiger partial charge in [-0.25, -0.2) is 0 Å². The smallest absolute Gasteiger partial charge is 0.0108 e. The highest BCUT2D eigenvalue weighted by Gasteiger charge is 2.23. The molecule has 1 atom stereocenters. The van der Waals surface area contributed by atoms with Crippen molar-refractivity contribution in [3.63, 3.8) is 0 Å². The zero-order valence-electron chi connectivity index (χ0n) is 12.1. The summed E-state index contributed by atoms with van der Waals surface area (Å²) in [7, 11) is 0. The molecule has 1 aromatic rings. The minimum atomic E-state index is 0.345. The van der Waals surface area contributed by atoms with Crippen LogP contribution in [0.25, 0.3) is 0 Å². The van der Waals surface area contributed by atoms with Gasteiger partial charge in [-0.15, -0.1) is 0 Å². The van der Waals surface area contributed by atoms with Gasteiger partial charge in [0.2, 0.25) is 0 Å². The van der Waals surface area contributed by atoms with Crippen LogP contribution in [-0.2, 0) is 6.42 Å². The molecular weight excluding hydrogens is 218 g/mol. The third-order valence-electron chi connectivity index (χ3n) is 4.63. The van der Waals surface area contributed by atoms with Gasteiger partial charge >= 0.3 is 0 Å². The van der Waals surface area contributed by atoms with Crippen LogP contribution < -0.4 is 5.73 Å². The zero-order chi connectivity index (χ0) is 13.1. The second-order valence-electron chi connectivity index (χ2n) is 6.32. The lowest BCUT2D eigenvalue weighted by Crippen LogP contribution is -2.34. The van der Waals surface area contributed by atoms with Crippen molar-refractivity contribution in [2.24, 2.45) is 17.6 Å². The minimum absolute atomic E-state index is 0.345. The summed E-state index contributed by atoms with van der Waals surface area (Å²) in [5, 5.41) is 0. The fraction of sp³-hybridized carbons (Fsp3) is 0.647. The molecular formula is C17H27N. The Morgan fingerprint density at radius 2 is 1.83 bits per heavy atom. The second kappa shape index (κ2) is 5.88. The molecule has 2 N–H and O–H groups in total. The maximum absolute atomic E-state index is 6.44. The van der Waals surface area contributed by atoms with Gasteiger partial charge in [-0.2, -0.15) is 0 Å². The van der Waals surface area contributed by atoms with Crippen LogP contribution in [0.15, 0.2) is 18.2 Å². The largest absolute Gasteiger partial charge is 0.327 e. The molecule has 1 aliphatic carbocycles. The fourth-order valence-corrected chi connectivity index (χ4v) is 3.15. The molecule has 1 fully saturated rings. The first-order valence-electron chi connectivity index (χ1n) is 7.38. The normalized spacial score (nSPS) is 26.0. The van der Waals surface area contributed by atoms with E-state index in [0.717, 1.165) is 18.3 Å². The average molecular weight is 245 g/mol. The molecule has 0 heterocycles. The highest BCUT2D eigenvalue weighted by molar-refractivity contribution is 5.31. The molecule has 0 spiro atoms. The second-order valence-corrected chi connectivity index (χ2v) is 6.32.